The Morgan fingerprint density at radius 2 is 0.849 bits per heavy atom. The lowest BCUT2D eigenvalue weighted by molar-refractivity contribution is -0.144. The predicted octanol–water partition coefficient (Wildman–Crippen LogP) is 0.0499. The molecule has 15 N–H and O–H groups in total. The number of aliphatic imine (C=N–C) groups is 1. The Kier molecular flexibility index (Phi) is 50.2. The van der Waals surface area contributed by atoms with Gasteiger partial charge in [0.15, 0.2) is 0 Å². The lowest BCUT2D eigenvalue weighted by Gasteiger charge is -2.17. The van der Waals surface area contributed by atoms with Crippen LogP contribution in [0.5, 0.6) is 0 Å². The number of unbranched alkanes of at least 4 members (excludes halogenated alkanes) is 13. The van der Waals surface area contributed by atoms with Gasteiger partial charge in [0.2, 0.25) is 41.4 Å². The Morgan fingerprint density at radius 1 is 0.453 bits per heavy atom. The number of rotatable bonds is 58. The number of carbonyl (C=O) groups excluding carboxylic acids is 8. The van der Waals surface area contributed by atoms with E-state index in [4.69, 9.17) is 30.5 Å². The van der Waals surface area contributed by atoms with Crippen LogP contribution in [0, 0.1) is 0 Å². The van der Waals surface area contributed by atoms with Crippen LogP contribution in [-0.4, -0.2) is 200 Å². The highest BCUT2D eigenvalue weighted by Crippen LogP contribution is 2.14. The fourth-order valence-electron chi connectivity index (χ4n) is 8.05. The van der Waals surface area contributed by atoms with Crippen LogP contribution >= 0.6 is 0 Å². The Hall–Kier alpha value is -6.25. The molecule has 7 amide bonds. The van der Waals surface area contributed by atoms with Crippen molar-refractivity contribution in [1.82, 2.24) is 42.0 Å². The van der Waals surface area contributed by atoms with Crippen LogP contribution in [0.1, 0.15) is 167 Å². The fourth-order valence-corrected chi connectivity index (χ4v) is 8.92. The van der Waals surface area contributed by atoms with Crippen LogP contribution in [0.3, 0.4) is 0 Å². The van der Waals surface area contributed by atoms with Gasteiger partial charge in [0.25, 0.3) is 0 Å². The number of amides is 7. The lowest BCUT2D eigenvalue weighted by atomic mass is 10.0. The summed E-state index contributed by atoms with van der Waals surface area (Å²) in [6.45, 7) is 0.0331. The van der Waals surface area contributed by atoms with E-state index in [2.05, 4.69) is 47.0 Å². The smallest absolute Gasteiger partial charge is 0.326 e. The van der Waals surface area contributed by atoms with E-state index in [9.17, 15) is 72.3 Å². The highest BCUT2D eigenvalue weighted by Gasteiger charge is 2.25. The summed E-state index contributed by atoms with van der Waals surface area (Å²) in [6.07, 6.45) is 16.5. The van der Waals surface area contributed by atoms with Crippen molar-refractivity contribution >= 4 is 82.4 Å². The van der Waals surface area contributed by atoms with Crippen molar-refractivity contribution < 1.29 is 91.2 Å². The summed E-state index contributed by atoms with van der Waals surface area (Å²) in [5.41, 5.74) is 8.12. The summed E-state index contributed by atoms with van der Waals surface area (Å²) in [5, 5.41) is 43.2. The second kappa shape index (κ2) is 54.2. The number of hydrogen-bond donors (Lipinski definition) is 13. The SMILES string of the molecule is CN=C(CCCCCCCCCCCCCCCC(=O)NS(=O)CCCC(=O)N[C@@H](CCC(=O)NCCOCCOCC(=O)NCCOCCOCC(=O)NC(CCC(=O)N[C@@H](CCC(=O)NCCCC[C@H](N)C=O)C(=O)O)C(=O)O)C(=O)O)NN. The van der Waals surface area contributed by atoms with Crippen molar-refractivity contribution in [3.63, 3.8) is 0 Å². The van der Waals surface area contributed by atoms with Gasteiger partial charge in [-0.25, -0.2) is 24.4 Å². The van der Waals surface area contributed by atoms with Gasteiger partial charge in [-0.05, 0) is 57.8 Å². The number of nitrogens with one attached hydrogen (secondary N) is 8. The number of nitrogens with zero attached hydrogens (tertiary/aromatic N) is 1. The first-order chi connectivity index (χ1) is 41.3. The maximum atomic E-state index is 12.4. The average molecular weight is 1250 g/mol. The first-order valence-corrected chi connectivity index (χ1v) is 31.1. The number of carboxylic acid groups (broad SMARTS) is 3. The minimum Gasteiger partial charge on any atom is -0.480 e. The molecule has 5 atom stereocenters. The molecule has 494 valence electrons. The molecule has 0 aliphatic carbocycles. The number of amidine groups is 1. The number of hydrazine groups is 1. The van der Waals surface area contributed by atoms with Crippen LogP contribution in [-0.2, 0) is 82.7 Å². The standard InChI is InChI=1S/C55H99N11O19S/c1-58-45(65-57)19-13-11-9-7-5-3-2-4-6-8-10-12-14-20-50(72)66-86(81)37-17-21-48(70)62-42(53(75)76)23-26-47(69)60-29-31-82-33-35-84-39-51(73)61-30-32-83-34-36-85-40-52(74)64-44(55(79)80)24-27-49(71)63-43(54(77)78)22-25-46(68)59-28-16-15-18-41(56)38-67/h38,41-44H,2-37,39-40,56-57H2,1H3,(H,58,65)(H,59,68)(H,60,69)(H,61,73)(H,62,70)(H,63,71)(H,64,74)(H,66,72)(H,75,76)(H,77,78)(H,79,80)/t41-,42-,43-,44?,86?/m0/s1. The van der Waals surface area contributed by atoms with E-state index in [1.807, 2.05) is 0 Å². The van der Waals surface area contributed by atoms with E-state index >= 15 is 0 Å². The molecule has 0 spiro atoms. The highest BCUT2D eigenvalue weighted by atomic mass is 32.2. The molecular weight excluding hydrogens is 1150 g/mol. The van der Waals surface area contributed by atoms with E-state index in [0.717, 1.165) is 37.9 Å². The predicted molar refractivity (Wildman–Crippen MR) is 317 cm³/mol. The second-order valence-corrected chi connectivity index (χ2v) is 21.6. The topological polar surface area (TPSA) is 463 Å². The van der Waals surface area contributed by atoms with Crippen LogP contribution in [0.4, 0.5) is 0 Å². The van der Waals surface area contributed by atoms with E-state index in [1.165, 1.54) is 51.4 Å². The van der Waals surface area contributed by atoms with Gasteiger partial charge in [0, 0.05) is 71.0 Å². The zero-order chi connectivity index (χ0) is 64.0. The van der Waals surface area contributed by atoms with Gasteiger partial charge in [0.1, 0.15) is 54.4 Å². The molecule has 0 aromatic heterocycles. The summed E-state index contributed by atoms with van der Waals surface area (Å²) in [4.78, 5) is 136. The molecule has 0 radical (unpaired) electrons. The third kappa shape index (κ3) is 48.9. The van der Waals surface area contributed by atoms with E-state index in [0.29, 0.717) is 38.5 Å². The molecule has 0 saturated carbocycles. The normalized spacial score (nSPS) is 13.0. The Balaban J connectivity index is 3.98. The molecule has 86 heavy (non-hydrogen) atoms. The molecule has 0 aromatic rings. The van der Waals surface area contributed by atoms with E-state index in [-0.39, 0.29) is 122 Å². The molecular formula is C55H99N11O19S. The molecule has 0 aliphatic rings. The summed E-state index contributed by atoms with van der Waals surface area (Å²) in [7, 11) is 0.0610. The van der Waals surface area contributed by atoms with Crippen molar-refractivity contribution in [3.8, 4) is 0 Å². The largest absolute Gasteiger partial charge is 0.480 e. The summed E-state index contributed by atoms with van der Waals surface area (Å²) >= 11 is 0. The number of ether oxygens (including phenoxy) is 4. The number of carboxylic acids is 3. The summed E-state index contributed by atoms with van der Waals surface area (Å²) in [5.74, 6) is -1.73. The van der Waals surface area contributed by atoms with Gasteiger partial charge >= 0.3 is 17.9 Å². The average Bonchev–Trinajstić information content (AvgIpc) is 3.64. The van der Waals surface area contributed by atoms with Crippen molar-refractivity contribution in [1.29, 1.82) is 0 Å². The zero-order valence-electron chi connectivity index (χ0n) is 50.1. The Bertz CT molecular complexity index is 2040. The third-order valence-electron chi connectivity index (χ3n) is 12.9. The van der Waals surface area contributed by atoms with Gasteiger partial charge in [-0.15, -0.1) is 0 Å². The quantitative estimate of drug-likeness (QED) is 0.00955. The van der Waals surface area contributed by atoms with Crippen LogP contribution in [0.25, 0.3) is 0 Å². The maximum absolute atomic E-state index is 12.4. The molecule has 2 unspecified atom stereocenters. The van der Waals surface area contributed by atoms with E-state index < -0.39 is 102 Å². The maximum Gasteiger partial charge on any atom is 0.326 e. The molecule has 0 heterocycles. The van der Waals surface area contributed by atoms with Gasteiger partial charge in [-0.3, -0.25) is 43.3 Å². The first kappa shape index (κ1) is 79.8. The van der Waals surface area contributed by atoms with Gasteiger partial charge in [-0.1, -0.05) is 70.6 Å². The zero-order valence-corrected chi connectivity index (χ0v) is 51.0. The second-order valence-electron chi connectivity index (χ2n) is 20.3. The van der Waals surface area contributed by atoms with Crippen molar-refractivity contribution in [3.05, 3.63) is 0 Å². The van der Waals surface area contributed by atoms with Crippen molar-refractivity contribution in [2.24, 2.45) is 16.6 Å². The van der Waals surface area contributed by atoms with Crippen LogP contribution < -0.4 is 53.6 Å². The fraction of sp³-hybridized carbons (Fsp3) is 0.782. The van der Waals surface area contributed by atoms with Gasteiger partial charge in [0.05, 0.1) is 45.7 Å². The molecule has 0 rings (SSSR count). The molecule has 0 saturated heterocycles. The lowest BCUT2D eigenvalue weighted by Crippen LogP contribution is -2.45. The Labute approximate surface area is 507 Å². The van der Waals surface area contributed by atoms with Crippen LogP contribution in [0.2, 0.25) is 0 Å². The summed E-state index contributed by atoms with van der Waals surface area (Å²) < 4.78 is 36.0. The van der Waals surface area contributed by atoms with Crippen molar-refractivity contribution in [2.45, 2.75) is 191 Å². The number of aldehydes is 1. The molecule has 0 aliphatic heterocycles. The monoisotopic (exact) mass is 1250 g/mol. The highest BCUT2D eigenvalue weighted by molar-refractivity contribution is 7.83. The van der Waals surface area contributed by atoms with Crippen molar-refractivity contribution in [2.75, 3.05) is 85.3 Å². The molecule has 0 fully saturated rings. The minimum atomic E-state index is -1.68. The minimum absolute atomic E-state index is 0.0250. The number of aliphatic carboxylic acids is 3. The molecule has 31 heteroatoms. The molecule has 0 bridgehead atoms. The Morgan fingerprint density at radius 3 is 1.31 bits per heavy atom. The molecule has 30 nitrogen and oxygen atoms in total. The third-order valence-corrected chi connectivity index (χ3v) is 14.0. The number of hydrogen-bond acceptors (Lipinski definition) is 19. The molecule has 0 aromatic carbocycles. The first-order valence-electron chi connectivity index (χ1n) is 29.8. The van der Waals surface area contributed by atoms with Gasteiger partial charge in [-0.2, -0.15) is 0 Å². The number of nitrogens with two attached hydrogens (primary N) is 2. The van der Waals surface area contributed by atoms with Gasteiger partial charge < -0.3 is 82.1 Å². The number of carbonyl (C=O) groups is 11. The summed E-state index contributed by atoms with van der Waals surface area (Å²) in [6, 6.07) is -4.80. The van der Waals surface area contributed by atoms with E-state index in [1.54, 1.807) is 7.05 Å². The van der Waals surface area contributed by atoms with Crippen LogP contribution in [0.15, 0.2) is 4.99 Å².